The highest BCUT2D eigenvalue weighted by Crippen LogP contribution is 2.51. The summed E-state index contributed by atoms with van der Waals surface area (Å²) in [4.78, 5) is 7.12. The first-order valence-electron chi connectivity index (χ1n) is 11.2. The Kier molecular flexibility index (Phi) is 5.89. The predicted molar refractivity (Wildman–Crippen MR) is 124 cm³/mol. The van der Waals surface area contributed by atoms with E-state index in [4.69, 9.17) is 21.6 Å². The van der Waals surface area contributed by atoms with E-state index in [9.17, 15) is 0 Å². The lowest BCUT2D eigenvalue weighted by Crippen LogP contribution is -2.56. The number of nitrogens with zero attached hydrogens (tertiary/aromatic N) is 3. The van der Waals surface area contributed by atoms with Crippen molar-refractivity contribution in [3.05, 3.63) is 64.4 Å². The molecule has 4 nitrogen and oxygen atoms in total. The molecule has 0 saturated carbocycles. The zero-order valence-corrected chi connectivity index (χ0v) is 19.7. The highest BCUT2D eigenvalue weighted by Gasteiger charge is 2.54. The van der Waals surface area contributed by atoms with Gasteiger partial charge in [0.25, 0.3) is 0 Å². The SMILES string of the molecule is CC1(C)CC([C@]2(CCc3ccc(C#N)cn3)CCN(C(C)(C)c3ccc(Cl)cc3)C2)O1. The third-order valence-electron chi connectivity index (χ3n) is 7.38. The minimum atomic E-state index is -0.0711. The van der Waals surface area contributed by atoms with E-state index in [-0.39, 0.29) is 22.7 Å². The first-order valence-corrected chi connectivity index (χ1v) is 11.6. The maximum absolute atomic E-state index is 9.03. The normalized spacial score (nSPS) is 25.7. The van der Waals surface area contributed by atoms with Crippen LogP contribution in [-0.4, -0.2) is 34.7 Å². The van der Waals surface area contributed by atoms with Gasteiger partial charge in [0, 0.05) is 40.8 Å². The topological polar surface area (TPSA) is 49.2 Å². The molecule has 1 aromatic heterocycles. The zero-order chi connectivity index (χ0) is 22.3. The molecule has 0 bridgehead atoms. The van der Waals surface area contributed by atoms with Crippen molar-refractivity contribution < 1.29 is 4.74 Å². The summed E-state index contributed by atoms with van der Waals surface area (Å²) in [5.41, 5.74) is 2.97. The first kappa shape index (κ1) is 22.3. The molecule has 1 aromatic carbocycles. The molecule has 2 aliphatic heterocycles. The van der Waals surface area contributed by atoms with Crippen molar-refractivity contribution >= 4 is 11.6 Å². The molecule has 1 unspecified atom stereocenters. The predicted octanol–water partition coefficient (Wildman–Crippen LogP) is 5.73. The van der Waals surface area contributed by atoms with Crippen molar-refractivity contribution in [2.45, 2.75) is 70.6 Å². The smallest absolute Gasteiger partial charge is 0.101 e. The average molecular weight is 438 g/mol. The van der Waals surface area contributed by atoms with Crippen LogP contribution in [0, 0.1) is 16.7 Å². The lowest BCUT2D eigenvalue weighted by Gasteiger charge is -2.52. The number of aryl methyl sites for hydroxylation is 1. The van der Waals surface area contributed by atoms with Crippen LogP contribution in [0.4, 0.5) is 0 Å². The first-order chi connectivity index (χ1) is 14.6. The number of hydrogen-bond donors (Lipinski definition) is 0. The van der Waals surface area contributed by atoms with E-state index in [1.54, 1.807) is 6.20 Å². The summed E-state index contributed by atoms with van der Waals surface area (Å²) in [6.07, 6.45) is 6.13. The monoisotopic (exact) mass is 437 g/mol. The van der Waals surface area contributed by atoms with Crippen molar-refractivity contribution in [1.82, 2.24) is 9.88 Å². The zero-order valence-electron chi connectivity index (χ0n) is 19.0. The molecular weight excluding hydrogens is 406 g/mol. The Balaban J connectivity index is 1.53. The van der Waals surface area contributed by atoms with E-state index >= 15 is 0 Å². The molecule has 164 valence electrons. The van der Waals surface area contributed by atoms with E-state index in [1.165, 1.54) is 5.56 Å². The molecule has 0 N–H and O–H groups in total. The molecule has 4 rings (SSSR count). The van der Waals surface area contributed by atoms with Crippen molar-refractivity contribution in [3.8, 4) is 6.07 Å². The number of benzene rings is 1. The molecule has 2 fully saturated rings. The van der Waals surface area contributed by atoms with E-state index in [2.05, 4.69) is 55.8 Å². The fourth-order valence-corrected chi connectivity index (χ4v) is 5.35. The van der Waals surface area contributed by atoms with Crippen molar-refractivity contribution in [3.63, 3.8) is 0 Å². The molecule has 31 heavy (non-hydrogen) atoms. The second-order valence-corrected chi connectivity index (χ2v) is 10.8. The molecular formula is C26H32ClN3O. The Bertz CT molecular complexity index is 954. The summed E-state index contributed by atoms with van der Waals surface area (Å²) in [5.74, 6) is 0. The van der Waals surface area contributed by atoms with Crippen LogP contribution in [0.3, 0.4) is 0 Å². The highest BCUT2D eigenvalue weighted by molar-refractivity contribution is 6.30. The van der Waals surface area contributed by atoms with E-state index in [1.807, 2.05) is 24.3 Å². The van der Waals surface area contributed by atoms with Gasteiger partial charge in [-0.2, -0.15) is 5.26 Å². The van der Waals surface area contributed by atoms with Crippen molar-refractivity contribution in [2.75, 3.05) is 13.1 Å². The summed E-state index contributed by atoms with van der Waals surface area (Å²) < 4.78 is 6.41. The van der Waals surface area contributed by atoms with Gasteiger partial charge in [-0.3, -0.25) is 9.88 Å². The van der Waals surface area contributed by atoms with Crippen LogP contribution < -0.4 is 0 Å². The van der Waals surface area contributed by atoms with E-state index < -0.39 is 0 Å². The Morgan fingerprint density at radius 3 is 2.52 bits per heavy atom. The molecule has 0 aliphatic carbocycles. The number of halogens is 1. The summed E-state index contributed by atoms with van der Waals surface area (Å²) >= 11 is 6.13. The number of nitriles is 1. The Labute approximate surface area is 191 Å². The van der Waals surface area contributed by atoms with Crippen LogP contribution in [0.5, 0.6) is 0 Å². The number of rotatable bonds is 6. The van der Waals surface area contributed by atoms with Gasteiger partial charge in [-0.1, -0.05) is 23.7 Å². The molecule has 2 saturated heterocycles. The van der Waals surface area contributed by atoms with Crippen LogP contribution in [0.2, 0.25) is 5.02 Å². The summed E-state index contributed by atoms with van der Waals surface area (Å²) in [5, 5.41) is 9.80. The maximum atomic E-state index is 9.03. The lowest BCUT2D eigenvalue weighted by molar-refractivity contribution is -0.231. The third-order valence-corrected chi connectivity index (χ3v) is 7.63. The summed E-state index contributed by atoms with van der Waals surface area (Å²) in [6.45, 7) is 11.0. The fraction of sp³-hybridized carbons (Fsp3) is 0.538. The number of likely N-dealkylation sites (tertiary alicyclic amines) is 1. The van der Waals surface area contributed by atoms with Crippen LogP contribution in [0.1, 0.15) is 63.8 Å². The van der Waals surface area contributed by atoms with E-state index in [0.717, 1.165) is 49.5 Å². The largest absolute Gasteiger partial charge is 0.372 e. The molecule has 2 atom stereocenters. The van der Waals surface area contributed by atoms with E-state index in [0.29, 0.717) is 5.56 Å². The molecule has 0 spiro atoms. The molecule has 2 aromatic rings. The number of hydrogen-bond acceptors (Lipinski definition) is 4. The van der Waals surface area contributed by atoms with Gasteiger partial charge < -0.3 is 4.74 Å². The van der Waals surface area contributed by atoms with Gasteiger partial charge >= 0.3 is 0 Å². The Morgan fingerprint density at radius 1 is 1.23 bits per heavy atom. The second kappa shape index (κ2) is 8.20. The highest BCUT2D eigenvalue weighted by atomic mass is 35.5. The van der Waals surface area contributed by atoms with Crippen LogP contribution in [0.15, 0.2) is 42.6 Å². The number of aromatic nitrogens is 1. The van der Waals surface area contributed by atoms with Gasteiger partial charge in [-0.25, -0.2) is 0 Å². The third kappa shape index (κ3) is 4.51. The van der Waals surface area contributed by atoms with Gasteiger partial charge in [0.2, 0.25) is 0 Å². The minimum absolute atomic E-state index is 0.0243. The summed E-state index contributed by atoms with van der Waals surface area (Å²) in [7, 11) is 0. The lowest BCUT2D eigenvalue weighted by atomic mass is 9.70. The molecule has 2 aliphatic rings. The molecule has 5 heteroatoms. The van der Waals surface area contributed by atoms with Gasteiger partial charge in [0.1, 0.15) is 6.07 Å². The van der Waals surface area contributed by atoms with Crippen LogP contribution in [0.25, 0.3) is 0 Å². The summed E-state index contributed by atoms with van der Waals surface area (Å²) in [6, 6.07) is 14.3. The van der Waals surface area contributed by atoms with Gasteiger partial charge in [0.15, 0.2) is 0 Å². The minimum Gasteiger partial charge on any atom is -0.372 e. The fourth-order valence-electron chi connectivity index (χ4n) is 5.22. The standard InChI is InChI=1S/C26H32ClN3O/c1-24(2)15-23(31-24)26(12-11-22-10-5-19(16-28)17-29-22)13-14-30(18-26)25(3,4)20-6-8-21(27)9-7-20/h5-10,17,23H,11-15,18H2,1-4H3/t23?,26-/m1/s1. The Morgan fingerprint density at radius 2 is 1.94 bits per heavy atom. The molecule has 0 amide bonds. The molecule has 0 radical (unpaired) electrons. The Hall–Kier alpha value is -1.93. The maximum Gasteiger partial charge on any atom is 0.101 e. The number of pyridine rings is 1. The van der Waals surface area contributed by atoms with Gasteiger partial charge in [-0.15, -0.1) is 0 Å². The van der Waals surface area contributed by atoms with Crippen LogP contribution in [-0.2, 0) is 16.7 Å². The molecule has 3 heterocycles. The van der Waals surface area contributed by atoms with Crippen molar-refractivity contribution in [1.29, 1.82) is 5.26 Å². The number of ether oxygens (including phenoxy) is 1. The van der Waals surface area contributed by atoms with Gasteiger partial charge in [0.05, 0.1) is 17.3 Å². The van der Waals surface area contributed by atoms with Gasteiger partial charge in [-0.05, 0) is 83.3 Å². The second-order valence-electron chi connectivity index (χ2n) is 10.3. The quantitative estimate of drug-likeness (QED) is 0.578. The van der Waals surface area contributed by atoms with Crippen molar-refractivity contribution in [2.24, 2.45) is 5.41 Å². The van der Waals surface area contributed by atoms with Crippen LogP contribution >= 0.6 is 11.6 Å². The average Bonchev–Trinajstić information content (AvgIpc) is 3.17.